The number of nitrogens with one attached hydrogen (secondary N) is 1. The van der Waals surface area contributed by atoms with Gasteiger partial charge in [0.25, 0.3) is 0 Å². The highest BCUT2D eigenvalue weighted by Crippen LogP contribution is 2.33. The molecular formula is C24H26FN3O3. The van der Waals surface area contributed by atoms with Crippen molar-refractivity contribution in [3.05, 3.63) is 65.6 Å². The van der Waals surface area contributed by atoms with Crippen molar-refractivity contribution in [2.45, 2.75) is 45.1 Å². The molecule has 3 aromatic rings. The van der Waals surface area contributed by atoms with Crippen molar-refractivity contribution >= 4 is 5.91 Å². The first kappa shape index (κ1) is 20.9. The van der Waals surface area contributed by atoms with Crippen molar-refractivity contribution in [3.8, 4) is 23.1 Å². The van der Waals surface area contributed by atoms with E-state index in [0.29, 0.717) is 31.2 Å². The Bertz CT molecular complexity index is 1060. The van der Waals surface area contributed by atoms with Gasteiger partial charge in [-0.25, -0.2) is 9.07 Å². The fourth-order valence-electron chi connectivity index (χ4n) is 3.41. The molecule has 7 heteroatoms. The Morgan fingerprint density at radius 1 is 1.19 bits per heavy atom. The molecule has 1 fully saturated rings. The van der Waals surface area contributed by atoms with Gasteiger partial charge in [-0.05, 0) is 62.1 Å². The molecular weight excluding hydrogens is 397 g/mol. The smallest absolute Gasteiger partial charge is 0.226 e. The lowest BCUT2D eigenvalue weighted by molar-refractivity contribution is -0.121. The van der Waals surface area contributed by atoms with E-state index in [2.05, 4.69) is 5.32 Å². The Morgan fingerprint density at radius 2 is 1.94 bits per heavy atom. The Kier molecular flexibility index (Phi) is 6.21. The summed E-state index contributed by atoms with van der Waals surface area (Å²) in [6.07, 6.45) is 3.54. The number of amides is 1. The second-order valence-corrected chi connectivity index (χ2v) is 7.57. The van der Waals surface area contributed by atoms with E-state index in [0.717, 1.165) is 35.5 Å². The number of hydrogen-bond donors (Lipinski definition) is 1. The molecule has 6 nitrogen and oxygen atoms in total. The predicted molar refractivity (Wildman–Crippen MR) is 115 cm³/mol. The van der Waals surface area contributed by atoms with E-state index in [1.165, 1.54) is 6.07 Å². The zero-order valence-corrected chi connectivity index (χ0v) is 17.7. The molecule has 4 rings (SSSR count). The van der Waals surface area contributed by atoms with Crippen LogP contribution in [0.5, 0.6) is 17.4 Å². The molecule has 162 valence electrons. The number of nitrogens with zero attached hydrogens (tertiary/aromatic N) is 2. The second kappa shape index (κ2) is 9.20. The van der Waals surface area contributed by atoms with Crippen molar-refractivity contribution in [2.75, 3.05) is 7.11 Å². The van der Waals surface area contributed by atoms with E-state index in [1.54, 1.807) is 30.0 Å². The van der Waals surface area contributed by atoms with Crippen molar-refractivity contribution in [1.82, 2.24) is 15.1 Å². The highest BCUT2D eigenvalue weighted by molar-refractivity contribution is 5.77. The van der Waals surface area contributed by atoms with Gasteiger partial charge in [0.2, 0.25) is 11.8 Å². The average molecular weight is 423 g/mol. The molecule has 1 aliphatic carbocycles. The van der Waals surface area contributed by atoms with Crippen LogP contribution in [0, 0.1) is 5.82 Å². The quantitative estimate of drug-likeness (QED) is 0.547. The van der Waals surface area contributed by atoms with E-state index >= 15 is 0 Å². The number of aryl methyl sites for hydroxylation is 1. The first-order valence-electron chi connectivity index (χ1n) is 10.6. The Balaban J connectivity index is 1.70. The average Bonchev–Trinajstić information content (AvgIpc) is 3.53. The van der Waals surface area contributed by atoms with Gasteiger partial charge in [0.05, 0.1) is 18.5 Å². The molecule has 0 unspecified atom stereocenters. The van der Waals surface area contributed by atoms with Gasteiger partial charge in [-0.1, -0.05) is 19.1 Å². The fraction of sp³-hybridized carbons (Fsp3) is 0.333. The summed E-state index contributed by atoms with van der Waals surface area (Å²) in [5.41, 5.74) is 2.39. The summed E-state index contributed by atoms with van der Waals surface area (Å²) < 4.78 is 27.3. The number of halogens is 1. The number of carbonyl (C=O) groups is 1. The third kappa shape index (κ3) is 4.87. The van der Waals surface area contributed by atoms with E-state index in [4.69, 9.17) is 14.6 Å². The number of para-hydroxylation sites is 1. The molecule has 1 amide bonds. The van der Waals surface area contributed by atoms with Crippen LogP contribution in [0.15, 0.2) is 48.5 Å². The van der Waals surface area contributed by atoms with Crippen LogP contribution in [0.4, 0.5) is 4.39 Å². The Morgan fingerprint density at radius 3 is 2.58 bits per heavy atom. The van der Waals surface area contributed by atoms with Gasteiger partial charge in [0.1, 0.15) is 5.75 Å². The molecule has 2 aromatic carbocycles. The maximum atomic E-state index is 14.4. The minimum Gasteiger partial charge on any atom is -0.497 e. The SMILES string of the molecule is CCc1nn(-c2ccc(OC)cc2)c(Oc2ccccc2F)c1CCC(=O)NC1CC1. The number of aromatic nitrogens is 2. The highest BCUT2D eigenvalue weighted by atomic mass is 19.1. The van der Waals surface area contributed by atoms with Gasteiger partial charge in [-0.2, -0.15) is 5.10 Å². The normalized spacial score (nSPS) is 13.1. The number of methoxy groups -OCH3 is 1. The summed E-state index contributed by atoms with van der Waals surface area (Å²) in [7, 11) is 1.61. The fourth-order valence-corrected chi connectivity index (χ4v) is 3.41. The minimum absolute atomic E-state index is 0.0126. The van der Waals surface area contributed by atoms with Crippen LogP contribution in [-0.2, 0) is 17.6 Å². The number of ether oxygens (including phenoxy) is 2. The third-order valence-electron chi connectivity index (χ3n) is 5.26. The predicted octanol–water partition coefficient (Wildman–Crippen LogP) is 4.59. The van der Waals surface area contributed by atoms with Gasteiger partial charge in [0.15, 0.2) is 11.6 Å². The number of rotatable bonds is 9. The van der Waals surface area contributed by atoms with Crippen molar-refractivity contribution in [3.63, 3.8) is 0 Å². The largest absolute Gasteiger partial charge is 0.497 e. The minimum atomic E-state index is -0.458. The molecule has 0 aliphatic heterocycles. The molecule has 1 N–H and O–H groups in total. The maximum absolute atomic E-state index is 14.4. The lowest BCUT2D eigenvalue weighted by Gasteiger charge is -2.12. The topological polar surface area (TPSA) is 65.4 Å². The Hall–Kier alpha value is -3.35. The van der Waals surface area contributed by atoms with Crippen LogP contribution in [-0.4, -0.2) is 28.8 Å². The lowest BCUT2D eigenvalue weighted by Crippen LogP contribution is -2.25. The van der Waals surface area contributed by atoms with Gasteiger partial charge < -0.3 is 14.8 Å². The zero-order valence-electron chi connectivity index (χ0n) is 17.7. The molecule has 0 atom stereocenters. The molecule has 1 aliphatic rings. The van der Waals surface area contributed by atoms with Crippen LogP contribution >= 0.6 is 0 Å². The number of hydrogen-bond acceptors (Lipinski definition) is 4. The lowest BCUT2D eigenvalue weighted by atomic mass is 10.1. The van der Waals surface area contributed by atoms with Gasteiger partial charge in [0, 0.05) is 18.0 Å². The van der Waals surface area contributed by atoms with Crippen molar-refractivity contribution in [1.29, 1.82) is 0 Å². The standard InChI is InChI=1S/C24H26FN3O3/c1-3-21-19(14-15-23(29)26-16-8-9-16)24(31-22-7-5-4-6-20(22)25)28(27-21)17-10-12-18(30-2)13-11-17/h4-7,10-13,16H,3,8-9,14-15H2,1-2H3,(H,26,29). The van der Waals surface area contributed by atoms with Gasteiger partial charge in [-0.3, -0.25) is 4.79 Å². The molecule has 1 aromatic heterocycles. The van der Waals surface area contributed by atoms with E-state index in [9.17, 15) is 9.18 Å². The van der Waals surface area contributed by atoms with Crippen LogP contribution < -0.4 is 14.8 Å². The van der Waals surface area contributed by atoms with E-state index in [1.807, 2.05) is 31.2 Å². The van der Waals surface area contributed by atoms with Crippen LogP contribution in [0.2, 0.25) is 0 Å². The summed E-state index contributed by atoms with van der Waals surface area (Å²) in [5, 5.41) is 7.74. The maximum Gasteiger partial charge on any atom is 0.226 e. The molecule has 0 saturated heterocycles. The first-order valence-corrected chi connectivity index (χ1v) is 10.6. The summed E-state index contributed by atoms with van der Waals surface area (Å²) in [4.78, 5) is 12.3. The first-order chi connectivity index (χ1) is 15.1. The highest BCUT2D eigenvalue weighted by Gasteiger charge is 2.25. The molecule has 0 spiro atoms. The van der Waals surface area contributed by atoms with Crippen LogP contribution in [0.25, 0.3) is 5.69 Å². The van der Waals surface area contributed by atoms with Crippen molar-refractivity contribution < 1.29 is 18.7 Å². The number of benzene rings is 2. The Labute approximate surface area is 181 Å². The number of carbonyl (C=O) groups excluding carboxylic acids is 1. The van der Waals surface area contributed by atoms with Crippen LogP contribution in [0.3, 0.4) is 0 Å². The van der Waals surface area contributed by atoms with Crippen LogP contribution in [0.1, 0.15) is 37.4 Å². The monoisotopic (exact) mass is 423 g/mol. The van der Waals surface area contributed by atoms with Gasteiger partial charge in [-0.15, -0.1) is 0 Å². The molecule has 1 saturated carbocycles. The van der Waals surface area contributed by atoms with E-state index in [-0.39, 0.29) is 11.7 Å². The second-order valence-electron chi connectivity index (χ2n) is 7.57. The van der Waals surface area contributed by atoms with Crippen molar-refractivity contribution in [2.24, 2.45) is 0 Å². The summed E-state index contributed by atoms with van der Waals surface area (Å²) >= 11 is 0. The molecule has 0 bridgehead atoms. The molecule has 0 radical (unpaired) electrons. The molecule has 31 heavy (non-hydrogen) atoms. The summed E-state index contributed by atoms with van der Waals surface area (Å²) in [5.74, 6) is 0.814. The third-order valence-corrected chi connectivity index (χ3v) is 5.26. The van der Waals surface area contributed by atoms with Gasteiger partial charge >= 0.3 is 0 Å². The zero-order chi connectivity index (χ0) is 21.8. The summed E-state index contributed by atoms with van der Waals surface area (Å²) in [6.45, 7) is 2.00. The summed E-state index contributed by atoms with van der Waals surface area (Å²) in [6, 6.07) is 14.0. The van der Waals surface area contributed by atoms with E-state index < -0.39 is 5.82 Å². The molecule has 1 heterocycles.